The third kappa shape index (κ3) is 3.34. The summed E-state index contributed by atoms with van der Waals surface area (Å²) in [5, 5.41) is 12.6. The molecule has 0 aliphatic carbocycles. The summed E-state index contributed by atoms with van der Waals surface area (Å²) in [6.45, 7) is 5.79. The molecule has 0 bridgehead atoms. The van der Waals surface area contributed by atoms with E-state index in [4.69, 9.17) is 0 Å². The molecule has 4 nitrogen and oxygen atoms in total. The Morgan fingerprint density at radius 1 is 1.63 bits per heavy atom. The zero-order chi connectivity index (χ0) is 13.8. The van der Waals surface area contributed by atoms with Crippen molar-refractivity contribution in [1.82, 2.24) is 9.88 Å². The Hall–Kier alpha value is -0.940. The van der Waals surface area contributed by atoms with Crippen LogP contribution in [0.3, 0.4) is 0 Å². The Morgan fingerprint density at radius 2 is 2.42 bits per heavy atom. The second-order valence-corrected chi connectivity index (χ2v) is 6.02. The van der Waals surface area contributed by atoms with Gasteiger partial charge in [0.05, 0.1) is 10.7 Å². The third-order valence-corrected chi connectivity index (χ3v) is 4.90. The minimum Gasteiger partial charge on any atom is -0.480 e. The Morgan fingerprint density at radius 3 is 3.00 bits per heavy atom. The summed E-state index contributed by atoms with van der Waals surface area (Å²) >= 11 is 1.73. The van der Waals surface area contributed by atoms with E-state index in [-0.39, 0.29) is 6.04 Å². The molecule has 1 aromatic rings. The number of thiazole rings is 1. The van der Waals surface area contributed by atoms with Gasteiger partial charge in [-0.05, 0) is 32.2 Å². The van der Waals surface area contributed by atoms with Crippen LogP contribution in [0.4, 0.5) is 0 Å². The molecule has 2 atom stereocenters. The second-order valence-electron chi connectivity index (χ2n) is 5.13. The number of aromatic nitrogens is 1. The molecule has 1 fully saturated rings. The van der Waals surface area contributed by atoms with Crippen LogP contribution in [0.2, 0.25) is 0 Å². The van der Waals surface area contributed by atoms with E-state index in [2.05, 4.69) is 22.2 Å². The number of aliphatic carboxylic acids is 1. The number of carboxylic acid groups (broad SMARTS) is 1. The predicted molar refractivity (Wildman–Crippen MR) is 76.8 cm³/mol. The molecule has 1 N–H and O–H groups in total. The van der Waals surface area contributed by atoms with Gasteiger partial charge in [0.15, 0.2) is 0 Å². The van der Waals surface area contributed by atoms with Gasteiger partial charge in [0.1, 0.15) is 6.04 Å². The normalized spacial score (nSPS) is 22.3. The van der Waals surface area contributed by atoms with Crippen LogP contribution in [0.1, 0.15) is 49.7 Å². The molecule has 0 aromatic carbocycles. The molecule has 0 spiro atoms. The molecule has 19 heavy (non-hydrogen) atoms. The molecule has 5 heteroatoms. The summed E-state index contributed by atoms with van der Waals surface area (Å²) in [6.07, 6.45) is 3.83. The first-order chi connectivity index (χ1) is 9.15. The fourth-order valence-corrected chi connectivity index (χ4v) is 3.78. The summed E-state index contributed by atoms with van der Waals surface area (Å²) in [7, 11) is 0. The van der Waals surface area contributed by atoms with Crippen molar-refractivity contribution < 1.29 is 9.90 Å². The zero-order valence-corrected chi connectivity index (χ0v) is 12.4. The lowest BCUT2D eigenvalue weighted by Gasteiger charge is -2.35. The van der Waals surface area contributed by atoms with Gasteiger partial charge in [-0.3, -0.25) is 9.69 Å². The van der Waals surface area contributed by atoms with Gasteiger partial charge in [0, 0.05) is 17.8 Å². The highest BCUT2D eigenvalue weighted by Gasteiger charge is 2.30. The number of carboxylic acids is 1. The van der Waals surface area contributed by atoms with Gasteiger partial charge in [-0.25, -0.2) is 4.98 Å². The third-order valence-electron chi connectivity index (χ3n) is 3.85. The van der Waals surface area contributed by atoms with Crippen molar-refractivity contribution in [3.05, 3.63) is 16.1 Å². The number of aryl methyl sites for hydroxylation is 1. The second kappa shape index (κ2) is 6.48. The fourth-order valence-electron chi connectivity index (χ4n) is 2.75. The Bertz CT molecular complexity index is 433. The number of likely N-dealkylation sites (tertiary alicyclic amines) is 1. The number of rotatable bonds is 5. The topological polar surface area (TPSA) is 53.4 Å². The standard InChI is InChI=1S/C14H22N2O2S/c1-3-11-9-19-13(15-11)10-6-5-7-16(8-10)12(4-2)14(17)18/h9-10,12H,3-8H2,1-2H3,(H,17,18)/t10-,12-/m0/s1. The highest BCUT2D eigenvalue weighted by atomic mass is 32.1. The van der Waals surface area contributed by atoms with Crippen molar-refractivity contribution >= 4 is 17.3 Å². The minimum absolute atomic E-state index is 0.339. The molecular weight excluding hydrogens is 260 g/mol. The van der Waals surface area contributed by atoms with Crippen LogP contribution in [-0.4, -0.2) is 40.1 Å². The van der Waals surface area contributed by atoms with E-state index in [0.29, 0.717) is 12.3 Å². The molecular formula is C14H22N2O2S. The average Bonchev–Trinajstić information content (AvgIpc) is 2.88. The van der Waals surface area contributed by atoms with Gasteiger partial charge in [-0.2, -0.15) is 0 Å². The number of hydrogen-bond donors (Lipinski definition) is 1. The maximum Gasteiger partial charge on any atom is 0.320 e. The molecule has 1 saturated heterocycles. The highest BCUT2D eigenvalue weighted by Crippen LogP contribution is 2.30. The molecule has 1 aliphatic heterocycles. The first kappa shape index (κ1) is 14.5. The number of nitrogens with zero attached hydrogens (tertiary/aromatic N) is 2. The summed E-state index contributed by atoms with van der Waals surface area (Å²) in [5.41, 5.74) is 1.15. The monoisotopic (exact) mass is 282 g/mol. The van der Waals surface area contributed by atoms with E-state index in [0.717, 1.165) is 38.0 Å². The van der Waals surface area contributed by atoms with Crippen molar-refractivity contribution in [3.63, 3.8) is 0 Å². The lowest BCUT2D eigenvalue weighted by molar-refractivity contribution is -0.144. The Kier molecular flexibility index (Phi) is 4.93. The van der Waals surface area contributed by atoms with Gasteiger partial charge in [-0.15, -0.1) is 11.3 Å². The van der Waals surface area contributed by atoms with Crippen LogP contribution in [0.15, 0.2) is 5.38 Å². The Balaban J connectivity index is 2.06. The van der Waals surface area contributed by atoms with E-state index in [1.807, 2.05) is 6.92 Å². The molecule has 0 amide bonds. The average molecular weight is 282 g/mol. The number of piperidine rings is 1. The largest absolute Gasteiger partial charge is 0.480 e. The van der Waals surface area contributed by atoms with Crippen molar-refractivity contribution in [3.8, 4) is 0 Å². The van der Waals surface area contributed by atoms with Crippen LogP contribution >= 0.6 is 11.3 Å². The molecule has 2 rings (SSSR count). The summed E-state index contributed by atoms with van der Waals surface area (Å²) in [6, 6.07) is -0.339. The summed E-state index contributed by atoms with van der Waals surface area (Å²) in [4.78, 5) is 18.0. The molecule has 1 aliphatic rings. The van der Waals surface area contributed by atoms with Crippen LogP contribution < -0.4 is 0 Å². The predicted octanol–water partition coefficient (Wildman–Crippen LogP) is 2.75. The van der Waals surface area contributed by atoms with E-state index in [1.54, 1.807) is 11.3 Å². The molecule has 0 unspecified atom stereocenters. The van der Waals surface area contributed by atoms with E-state index < -0.39 is 5.97 Å². The maximum absolute atomic E-state index is 11.3. The molecule has 0 saturated carbocycles. The lowest BCUT2D eigenvalue weighted by atomic mass is 9.96. The first-order valence-electron chi connectivity index (χ1n) is 7.06. The van der Waals surface area contributed by atoms with E-state index in [1.165, 1.54) is 5.01 Å². The molecule has 106 valence electrons. The first-order valence-corrected chi connectivity index (χ1v) is 7.94. The van der Waals surface area contributed by atoms with Crippen LogP contribution in [0.5, 0.6) is 0 Å². The van der Waals surface area contributed by atoms with E-state index in [9.17, 15) is 9.90 Å². The maximum atomic E-state index is 11.3. The smallest absolute Gasteiger partial charge is 0.320 e. The number of carbonyl (C=O) groups is 1. The SMILES string of the molecule is CCc1csc([C@H]2CCCN([C@@H](CC)C(=O)O)C2)n1. The summed E-state index contributed by atoms with van der Waals surface area (Å²) in [5.74, 6) is -0.288. The van der Waals surface area contributed by atoms with Gasteiger partial charge >= 0.3 is 5.97 Å². The molecule has 2 heterocycles. The van der Waals surface area contributed by atoms with Crippen molar-refractivity contribution in [2.24, 2.45) is 0 Å². The fraction of sp³-hybridized carbons (Fsp3) is 0.714. The van der Waals surface area contributed by atoms with Gasteiger partial charge in [0.2, 0.25) is 0 Å². The zero-order valence-electron chi connectivity index (χ0n) is 11.6. The van der Waals surface area contributed by atoms with Crippen molar-refractivity contribution in [2.45, 2.75) is 51.5 Å². The quantitative estimate of drug-likeness (QED) is 0.902. The van der Waals surface area contributed by atoms with Crippen LogP contribution in [-0.2, 0) is 11.2 Å². The van der Waals surface area contributed by atoms with E-state index >= 15 is 0 Å². The van der Waals surface area contributed by atoms with Gasteiger partial charge in [-0.1, -0.05) is 13.8 Å². The van der Waals surface area contributed by atoms with Crippen molar-refractivity contribution in [1.29, 1.82) is 0 Å². The van der Waals surface area contributed by atoms with Gasteiger partial charge < -0.3 is 5.11 Å². The van der Waals surface area contributed by atoms with Crippen LogP contribution in [0, 0.1) is 0 Å². The summed E-state index contributed by atoms with van der Waals surface area (Å²) < 4.78 is 0. The van der Waals surface area contributed by atoms with Crippen molar-refractivity contribution in [2.75, 3.05) is 13.1 Å². The lowest BCUT2D eigenvalue weighted by Crippen LogP contribution is -2.45. The Labute approximate surface area is 118 Å². The van der Waals surface area contributed by atoms with Gasteiger partial charge in [0.25, 0.3) is 0 Å². The molecule has 0 radical (unpaired) electrons. The highest BCUT2D eigenvalue weighted by molar-refractivity contribution is 7.09. The molecule has 1 aromatic heterocycles. The minimum atomic E-state index is -0.698. The van der Waals surface area contributed by atoms with Crippen LogP contribution in [0.25, 0.3) is 0 Å². The number of hydrogen-bond acceptors (Lipinski definition) is 4.